The molecule has 0 amide bonds. The van der Waals surface area contributed by atoms with E-state index in [1.807, 2.05) is 0 Å². The van der Waals surface area contributed by atoms with E-state index in [1.165, 1.54) is 66.7 Å². The van der Waals surface area contributed by atoms with Crippen LogP contribution in [0.1, 0.15) is 111 Å². The summed E-state index contributed by atoms with van der Waals surface area (Å²) in [6.07, 6.45) is 0. The summed E-state index contributed by atoms with van der Waals surface area (Å²) in [4.78, 5) is 7.67. The van der Waals surface area contributed by atoms with E-state index in [1.54, 1.807) is 0 Å². The van der Waals surface area contributed by atoms with Gasteiger partial charge in [0.2, 0.25) is 0 Å². The Balaban J connectivity index is 1.19. The third-order valence-electron chi connectivity index (χ3n) is 16.1. The van der Waals surface area contributed by atoms with Crippen LogP contribution in [0.3, 0.4) is 0 Å². The second-order valence-corrected chi connectivity index (χ2v) is 25.6. The SMILES string of the molecule is Cc1cc2c3c(c1)N(c1ccc(C(C)(C)C)cc1-c1ccccc1)c1ccc(N(c4ccc(C(C)(C)C)cc4)c4ccc(C(C)(C)C)cc4)cc1B3N(c1ccc(C(C)(C)C)cc1)c1cc3oc4ccccc4c3cc1-2. The molecule has 4 nitrogen and oxygen atoms in total. The summed E-state index contributed by atoms with van der Waals surface area (Å²) < 4.78 is 6.78. The fraction of sp³-hybridized carbons (Fsp3) is 0.239. The first-order chi connectivity index (χ1) is 36.1. The van der Waals surface area contributed by atoms with E-state index >= 15 is 0 Å². The van der Waals surface area contributed by atoms with Crippen LogP contribution in [0, 0.1) is 6.92 Å². The molecule has 0 saturated heterocycles. The van der Waals surface area contributed by atoms with Gasteiger partial charge in [-0.2, -0.15) is 0 Å². The van der Waals surface area contributed by atoms with Crippen LogP contribution in [-0.2, 0) is 21.7 Å². The van der Waals surface area contributed by atoms with Gasteiger partial charge in [0, 0.05) is 67.8 Å². The van der Waals surface area contributed by atoms with Gasteiger partial charge in [-0.25, -0.2) is 0 Å². The van der Waals surface area contributed by atoms with Crippen molar-refractivity contribution in [3.63, 3.8) is 0 Å². The fourth-order valence-corrected chi connectivity index (χ4v) is 11.8. The summed E-state index contributed by atoms with van der Waals surface area (Å²) in [6, 6.07) is 71.3. The van der Waals surface area contributed by atoms with Crippen molar-refractivity contribution >= 4 is 85.2 Å². The van der Waals surface area contributed by atoms with E-state index in [0.29, 0.717) is 0 Å². The maximum Gasteiger partial charge on any atom is 0.333 e. The summed E-state index contributed by atoms with van der Waals surface area (Å²) in [5.74, 6) is 0. The Kier molecular flexibility index (Phi) is 11.4. The predicted molar refractivity (Wildman–Crippen MR) is 327 cm³/mol. The highest BCUT2D eigenvalue weighted by atomic mass is 16.3. The number of rotatable bonds is 6. The molecule has 0 fully saturated rings. The molecule has 12 rings (SSSR count). The molecular formula is C71H70BN3O. The normalized spacial score (nSPS) is 13.5. The highest BCUT2D eigenvalue weighted by Gasteiger charge is 2.46. The first-order valence-electron chi connectivity index (χ1n) is 27.3. The Hall–Kier alpha value is -7.76. The van der Waals surface area contributed by atoms with Crippen molar-refractivity contribution in [3.05, 3.63) is 216 Å². The molecule has 378 valence electrons. The molecule has 76 heavy (non-hydrogen) atoms. The van der Waals surface area contributed by atoms with Gasteiger partial charge in [-0.1, -0.05) is 180 Å². The van der Waals surface area contributed by atoms with Gasteiger partial charge in [-0.05, 0) is 163 Å². The monoisotopic (exact) mass is 992 g/mol. The lowest BCUT2D eigenvalue weighted by Gasteiger charge is -2.46. The molecule has 5 heteroatoms. The number of aryl methyl sites for hydroxylation is 1. The summed E-state index contributed by atoms with van der Waals surface area (Å²) in [6.45, 7) is 29.6. The molecule has 1 aromatic heterocycles. The molecule has 0 radical (unpaired) electrons. The van der Waals surface area contributed by atoms with Crippen LogP contribution in [0.15, 0.2) is 192 Å². The van der Waals surface area contributed by atoms with Gasteiger partial charge in [0.15, 0.2) is 0 Å². The molecule has 0 unspecified atom stereocenters. The highest BCUT2D eigenvalue weighted by Crippen LogP contribution is 2.52. The second kappa shape index (κ2) is 17.7. The van der Waals surface area contributed by atoms with Crippen molar-refractivity contribution in [1.29, 1.82) is 0 Å². The van der Waals surface area contributed by atoms with Gasteiger partial charge < -0.3 is 19.0 Å². The van der Waals surface area contributed by atoms with Gasteiger partial charge in [-0.15, -0.1) is 0 Å². The van der Waals surface area contributed by atoms with Crippen LogP contribution in [0.4, 0.5) is 45.5 Å². The van der Waals surface area contributed by atoms with Crippen LogP contribution in [-0.4, -0.2) is 6.85 Å². The molecule has 0 bridgehead atoms. The second-order valence-electron chi connectivity index (χ2n) is 25.6. The van der Waals surface area contributed by atoms with E-state index < -0.39 is 0 Å². The van der Waals surface area contributed by atoms with Crippen LogP contribution < -0.4 is 25.5 Å². The van der Waals surface area contributed by atoms with Crippen molar-refractivity contribution in [2.45, 2.75) is 112 Å². The maximum atomic E-state index is 6.78. The largest absolute Gasteiger partial charge is 0.456 e. The Morgan fingerprint density at radius 1 is 0.395 bits per heavy atom. The lowest BCUT2D eigenvalue weighted by Crippen LogP contribution is -2.61. The number of furan rings is 1. The van der Waals surface area contributed by atoms with Crippen molar-refractivity contribution in [2.75, 3.05) is 14.6 Å². The van der Waals surface area contributed by atoms with Gasteiger partial charge >= 0.3 is 6.85 Å². The van der Waals surface area contributed by atoms with Crippen molar-refractivity contribution in [3.8, 4) is 22.3 Å². The standard InChI is InChI=1S/C71H70BN3O/c1-45-39-59-57-43-58-55-21-17-18-22-65(55)76-66(58)44-63(57)75(53-34-27-49(28-35-53)70(8,9)10)72-60-42-54(73(51-30-23-47(24-31-51)68(2,3)4)52-32-25-48(26-33-52)69(5,6)7)36-38-62(60)74(64(40-45)67(59)72)61-37-29-50(71(11,12)13)41-56(61)46-19-15-14-16-20-46/h14-44H,1-13H3. The smallest absolute Gasteiger partial charge is 0.333 e. The molecule has 0 atom stereocenters. The topological polar surface area (TPSA) is 22.9 Å². The molecule has 10 aromatic rings. The van der Waals surface area contributed by atoms with Crippen molar-refractivity contribution in [2.24, 2.45) is 0 Å². The van der Waals surface area contributed by atoms with Crippen LogP contribution in [0.25, 0.3) is 44.2 Å². The van der Waals surface area contributed by atoms with E-state index in [-0.39, 0.29) is 28.5 Å². The van der Waals surface area contributed by atoms with Gasteiger partial charge in [0.1, 0.15) is 11.2 Å². The minimum Gasteiger partial charge on any atom is -0.456 e. The number of benzene rings is 9. The molecule has 2 aliphatic heterocycles. The number of hydrogen-bond acceptors (Lipinski definition) is 4. The number of para-hydroxylation sites is 1. The molecular weight excluding hydrogens is 922 g/mol. The number of hydrogen-bond donors (Lipinski definition) is 0. The number of fused-ring (bicyclic) bond motifs is 7. The minimum atomic E-state index is -0.228. The molecule has 0 N–H and O–H groups in total. The third-order valence-corrected chi connectivity index (χ3v) is 16.1. The molecule has 3 heterocycles. The molecule has 0 aliphatic carbocycles. The van der Waals surface area contributed by atoms with E-state index in [4.69, 9.17) is 4.42 Å². The van der Waals surface area contributed by atoms with E-state index in [2.05, 4.69) is 293 Å². The zero-order valence-corrected chi connectivity index (χ0v) is 46.7. The Labute approximate surface area is 451 Å². The summed E-state index contributed by atoms with van der Waals surface area (Å²) in [5, 5.41) is 2.25. The first-order valence-corrected chi connectivity index (χ1v) is 27.3. The summed E-state index contributed by atoms with van der Waals surface area (Å²) in [7, 11) is 0. The van der Waals surface area contributed by atoms with Crippen molar-refractivity contribution in [1.82, 2.24) is 0 Å². The first kappa shape index (κ1) is 49.1. The average molecular weight is 992 g/mol. The van der Waals surface area contributed by atoms with E-state index in [0.717, 1.165) is 61.8 Å². The third kappa shape index (κ3) is 8.40. The van der Waals surface area contributed by atoms with Crippen molar-refractivity contribution < 1.29 is 4.42 Å². The minimum absolute atomic E-state index is 0.0124. The van der Waals surface area contributed by atoms with Crippen LogP contribution in [0.2, 0.25) is 0 Å². The predicted octanol–water partition coefficient (Wildman–Crippen LogP) is 18.9. The maximum absolute atomic E-state index is 6.78. The quantitative estimate of drug-likeness (QED) is 0.155. The summed E-state index contributed by atoms with van der Waals surface area (Å²) in [5.41, 5.74) is 24.5. The Morgan fingerprint density at radius 3 is 1.54 bits per heavy atom. The van der Waals surface area contributed by atoms with Gasteiger partial charge in [0.25, 0.3) is 0 Å². The lowest BCUT2D eigenvalue weighted by atomic mass is 9.43. The molecule has 9 aromatic carbocycles. The average Bonchev–Trinajstić information content (AvgIpc) is 3.79. The lowest BCUT2D eigenvalue weighted by molar-refractivity contribution is 0.590. The Morgan fingerprint density at radius 2 is 0.934 bits per heavy atom. The molecule has 0 spiro atoms. The Bertz CT molecular complexity index is 3800. The summed E-state index contributed by atoms with van der Waals surface area (Å²) >= 11 is 0. The van der Waals surface area contributed by atoms with E-state index in [9.17, 15) is 0 Å². The zero-order chi connectivity index (χ0) is 53.2. The van der Waals surface area contributed by atoms with Crippen LogP contribution in [0.5, 0.6) is 0 Å². The molecule has 2 aliphatic rings. The number of anilines is 8. The molecule has 0 saturated carbocycles. The van der Waals surface area contributed by atoms with Gasteiger partial charge in [0.05, 0.1) is 5.69 Å². The van der Waals surface area contributed by atoms with Gasteiger partial charge in [-0.3, -0.25) is 0 Å². The fourth-order valence-electron chi connectivity index (χ4n) is 11.8. The van der Waals surface area contributed by atoms with Crippen LogP contribution >= 0.6 is 0 Å². The zero-order valence-electron chi connectivity index (χ0n) is 46.7. The number of nitrogens with zero attached hydrogens (tertiary/aromatic N) is 3. The highest BCUT2D eigenvalue weighted by molar-refractivity contribution is 6.93.